The van der Waals surface area contributed by atoms with E-state index < -0.39 is 0 Å². The Hall–Kier alpha value is -1.17. The summed E-state index contributed by atoms with van der Waals surface area (Å²) < 4.78 is 25.2. The molecule has 3 rings (SSSR count). The number of aliphatic hydroxyl groups excluding tert-OH is 1. The average molecular weight is 309 g/mol. The van der Waals surface area contributed by atoms with Crippen molar-refractivity contribution in [2.24, 2.45) is 0 Å². The molecular weight excluding hydrogens is 285 g/mol. The van der Waals surface area contributed by atoms with E-state index in [9.17, 15) is 9.50 Å². The van der Waals surface area contributed by atoms with Crippen LogP contribution in [0.25, 0.3) is 0 Å². The van der Waals surface area contributed by atoms with Gasteiger partial charge in [-0.3, -0.25) is 4.90 Å². The second kappa shape index (κ2) is 6.52. The van der Waals surface area contributed by atoms with Crippen LogP contribution in [-0.2, 0) is 11.3 Å². The minimum absolute atomic E-state index is 0.278. The van der Waals surface area contributed by atoms with Crippen LogP contribution in [0.5, 0.6) is 5.75 Å². The number of methoxy groups -OCH3 is 1. The van der Waals surface area contributed by atoms with E-state index in [-0.39, 0.29) is 23.3 Å². The van der Waals surface area contributed by atoms with Gasteiger partial charge in [-0.25, -0.2) is 4.39 Å². The molecule has 22 heavy (non-hydrogen) atoms. The highest BCUT2D eigenvalue weighted by Crippen LogP contribution is 2.35. The minimum Gasteiger partial charge on any atom is -0.494 e. The predicted octanol–water partition coefficient (Wildman–Crippen LogP) is 2.34. The summed E-state index contributed by atoms with van der Waals surface area (Å²) in [5.41, 5.74) is 0.280. The molecule has 1 atom stereocenters. The highest BCUT2D eigenvalue weighted by atomic mass is 19.1. The van der Waals surface area contributed by atoms with E-state index in [2.05, 4.69) is 4.90 Å². The molecule has 122 valence electrons. The molecule has 2 aliphatic rings. The molecule has 2 aliphatic heterocycles. The van der Waals surface area contributed by atoms with Crippen molar-refractivity contribution in [2.45, 2.75) is 43.9 Å². The van der Waals surface area contributed by atoms with Crippen molar-refractivity contribution in [3.8, 4) is 5.75 Å². The van der Waals surface area contributed by atoms with Crippen molar-refractivity contribution in [1.82, 2.24) is 4.90 Å². The summed E-state index contributed by atoms with van der Waals surface area (Å²) in [6.45, 7) is 2.93. The van der Waals surface area contributed by atoms with Gasteiger partial charge in [-0.1, -0.05) is 12.1 Å². The number of ether oxygens (including phenoxy) is 2. The van der Waals surface area contributed by atoms with Gasteiger partial charge >= 0.3 is 0 Å². The Morgan fingerprint density at radius 2 is 2.18 bits per heavy atom. The number of rotatable bonds is 3. The molecular formula is C17H24FNO3. The highest BCUT2D eigenvalue weighted by Gasteiger charge is 2.43. The van der Waals surface area contributed by atoms with Gasteiger partial charge in [0.15, 0.2) is 11.6 Å². The number of nitrogens with zero attached hydrogens (tertiary/aromatic N) is 1. The fraction of sp³-hybridized carbons (Fsp3) is 0.647. The van der Waals surface area contributed by atoms with Crippen molar-refractivity contribution in [1.29, 1.82) is 0 Å². The van der Waals surface area contributed by atoms with Gasteiger partial charge in [-0.15, -0.1) is 0 Å². The molecule has 4 nitrogen and oxygen atoms in total. The Balaban J connectivity index is 1.63. The molecule has 0 unspecified atom stereocenters. The summed E-state index contributed by atoms with van der Waals surface area (Å²) in [6.07, 6.45) is 3.00. The van der Waals surface area contributed by atoms with Crippen molar-refractivity contribution in [2.75, 3.05) is 26.8 Å². The van der Waals surface area contributed by atoms with Crippen molar-refractivity contribution in [3.05, 3.63) is 29.6 Å². The Labute approximate surface area is 130 Å². The maximum atomic E-state index is 14.2. The molecule has 0 bridgehead atoms. The second-order valence-corrected chi connectivity index (χ2v) is 6.28. The molecule has 2 heterocycles. The minimum atomic E-state index is -0.373. The second-order valence-electron chi connectivity index (χ2n) is 6.28. The smallest absolute Gasteiger partial charge is 0.169 e. The first kappa shape index (κ1) is 15.7. The quantitative estimate of drug-likeness (QED) is 0.930. The fourth-order valence-electron chi connectivity index (χ4n) is 3.56. The predicted molar refractivity (Wildman–Crippen MR) is 81.4 cm³/mol. The monoisotopic (exact) mass is 309 g/mol. The Morgan fingerprint density at radius 1 is 1.41 bits per heavy atom. The molecule has 1 N–H and O–H groups in total. The number of likely N-dealkylation sites (tertiary alicyclic amines) is 1. The molecule has 5 heteroatoms. The molecule has 2 fully saturated rings. The summed E-state index contributed by atoms with van der Waals surface area (Å²) in [5, 5.41) is 10.3. The zero-order chi connectivity index (χ0) is 15.6. The van der Waals surface area contributed by atoms with Crippen LogP contribution >= 0.6 is 0 Å². The van der Waals surface area contributed by atoms with Crippen LogP contribution in [0.1, 0.15) is 31.2 Å². The lowest BCUT2D eigenvalue weighted by Gasteiger charge is -2.46. The first-order chi connectivity index (χ1) is 10.6. The lowest BCUT2D eigenvalue weighted by atomic mass is 9.82. The number of hydrogen-bond donors (Lipinski definition) is 1. The van der Waals surface area contributed by atoms with Gasteiger partial charge in [-0.05, 0) is 31.7 Å². The van der Waals surface area contributed by atoms with Crippen LogP contribution in [0.4, 0.5) is 4.39 Å². The van der Waals surface area contributed by atoms with E-state index in [0.29, 0.717) is 12.1 Å². The third-order valence-electron chi connectivity index (χ3n) is 4.98. The van der Waals surface area contributed by atoms with Crippen LogP contribution in [0, 0.1) is 5.82 Å². The maximum Gasteiger partial charge on any atom is 0.169 e. The fourth-order valence-corrected chi connectivity index (χ4v) is 3.56. The number of piperidine rings is 1. The zero-order valence-corrected chi connectivity index (χ0v) is 13.1. The molecule has 1 spiro atoms. The first-order valence-corrected chi connectivity index (χ1v) is 8.00. The van der Waals surface area contributed by atoms with Gasteiger partial charge in [0.2, 0.25) is 0 Å². The summed E-state index contributed by atoms with van der Waals surface area (Å²) in [5.74, 6) is 0.0104. The summed E-state index contributed by atoms with van der Waals surface area (Å²) in [4.78, 5) is 2.22. The third-order valence-corrected chi connectivity index (χ3v) is 4.98. The Bertz CT molecular complexity index is 515. The van der Waals surface area contributed by atoms with E-state index in [4.69, 9.17) is 9.47 Å². The SMILES string of the molecule is COc1cccc(CN2CCC3(CC2)OCCC[C@@H]3O)c1F. The van der Waals surface area contributed by atoms with Crippen molar-refractivity contribution in [3.63, 3.8) is 0 Å². The van der Waals surface area contributed by atoms with Crippen LogP contribution < -0.4 is 4.74 Å². The normalized spacial score (nSPS) is 25.3. The van der Waals surface area contributed by atoms with Gasteiger partial charge in [0.1, 0.15) is 0 Å². The number of hydrogen-bond acceptors (Lipinski definition) is 4. The molecule has 1 aromatic carbocycles. The summed E-state index contributed by atoms with van der Waals surface area (Å²) >= 11 is 0. The standard InChI is InChI=1S/C17H24FNO3/c1-21-14-5-2-4-13(16(14)18)12-19-9-7-17(8-10-19)15(20)6-3-11-22-17/h2,4-5,15,20H,3,6-12H2,1H3/t15-/m0/s1. The maximum absolute atomic E-state index is 14.2. The molecule has 2 saturated heterocycles. The third kappa shape index (κ3) is 2.98. The zero-order valence-electron chi connectivity index (χ0n) is 13.1. The van der Waals surface area contributed by atoms with E-state index in [1.165, 1.54) is 7.11 Å². The largest absolute Gasteiger partial charge is 0.494 e. The van der Waals surface area contributed by atoms with E-state index >= 15 is 0 Å². The number of halogens is 1. The molecule has 0 saturated carbocycles. The number of benzene rings is 1. The molecule has 0 aromatic heterocycles. The van der Waals surface area contributed by atoms with Gasteiger partial charge in [-0.2, -0.15) is 0 Å². The lowest BCUT2D eigenvalue weighted by Crippen LogP contribution is -2.55. The molecule has 0 amide bonds. The average Bonchev–Trinajstić information content (AvgIpc) is 2.54. The molecule has 1 aromatic rings. The van der Waals surface area contributed by atoms with E-state index in [0.717, 1.165) is 45.4 Å². The molecule has 0 aliphatic carbocycles. The van der Waals surface area contributed by atoms with Gasteiger partial charge in [0.25, 0.3) is 0 Å². The summed E-state index contributed by atoms with van der Waals surface area (Å²) in [7, 11) is 1.48. The van der Waals surface area contributed by atoms with E-state index in [1.54, 1.807) is 12.1 Å². The van der Waals surface area contributed by atoms with Gasteiger partial charge in [0.05, 0.1) is 18.8 Å². The van der Waals surface area contributed by atoms with Crippen molar-refractivity contribution >= 4 is 0 Å². The highest BCUT2D eigenvalue weighted by molar-refractivity contribution is 5.31. The van der Waals surface area contributed by atoms with Crippen LogP contribution in [0.2, 0.25) is 0 Å². The van der Waals surface area contributed by atoms with Gasteiger partial charge < -0.3 is 14.6 Å². The first-order valence-electron chi connectivity index (χ1n) is 8.00. The van der Waals surface area contributed by atoms with Gasteiger partial charge in [0, 0.05) is 31.8 Å². The number of aliphatic hydroxyl groups is 1. The molecule has 0 radical (unpaired) electrons. The summed E-state index contributed by atoms with van der Waals surface area (Å²) in [6, 6.07) is 5.25. The lowest BCUT2D eigenvalue weighted by molar-refractivity contribution is -0.177. The topological polar surface area (TPSA) is 41.9 Å². The Morgan fingerprint density at radius 3 is 2.86 bits per heavy atom. The van der Waals surface area contributed by atoms with Crippen molar-refractivity contribution < 1.29 is 19.0 Å². The Kier molecular flexibility index (Phi) is 4.66. The van der Waals surface area contributed by atoms with E-state index in [1.807, 2.05) is 6.07 Å². The van der Waals surface area contributed by atoms with Crippen LogP contribution in [0.15, 0.2) is 18.2 Å². The van der Waals surface area contributed by atoms with Crippen LogP contribution in [-0.4, -0.2) is 48.5 Å². The van der Waals surface area contributed by atoms with Crippen LogP contribution in [0.3, 0.4) is 0 Å².